The Hall–Kier alpha value is -1.74. The molecule has 0 saturated carbocycles. The van der Waals surface area contributed by atoms with E-state index in [0.29, 0.717) is 0 Å². The van der Waals surface area contributed by atoms with Gasteiger partial charge >= 0.3 is 0 Å². The molecule has 0 saturated heterocycles. The molecule has 1 nitrogen and oxygen atoms in total. The number of aliphatic hydroxyl groups is 1. The Morgan fingerprint density at radius 3 is 2.21 bits per heavy atom. The Balaban J connectivity index is 2.25. The Bertz CT molecular complexity index is 573. The lowest BCUT2D eigenvalue weighted by atomic mass is 9.98. The fourth-order valence-electron chi connectivity index (χ4n) is 2.08. The molecule has 0 spiro atoms. The minimum atomic E-state index is -1.18. The first-order valence-electron chi connectivity index (χ1n) is 6.17. The summed E-state index contributed by atoms with van der Waals surface area (Å²) in [5.74, 6) is -1.42. The molecule has 2 aromatic rings. The Morgan fingerprint density at radius 2 is 1.63 bits per heavy atom. The van der Waals surface area contributed by atoms with Crippen molar-refractivity contribution in [3.63, 3.8) is 0 Å². The van der Waals surface area contributed by atoms with Crippen LogP contribution in [0.4, 0.5) is 8.78 Å². The van der Waals surface area contributed by atoms with Gasteiger partial charge in [0.1, 0.15) is 11.6 Å². The molecule has 2 rings (SSSR count). The summed E-state index contributed by atoms with van der Waals surface area (Å²) < 4.78 is 27.1. The highest BCUT2D eigenvalue weighted by Crippen LogP contribution is 2.24. The number of hydrogen-bond donors (Lipinski definition) is 1. The van der Waals surface area contributed by atoms with Crippen molar-refractivity contribution in [2.24, 2.45) is 0 Å². The van der Waals surface area contributed by atoms with Crippen LogP contribution in [0.5, 0.6) is 0 Å². The fraction of sp³-hybridized carbons (Fsp3) is 0.250. The maximum Gasteiger partial charge on any atom is 0.131 e. The topological polar surface area (TPSA) is 20.2 Å². The van der Waals surface area contributed by atoms with E-state index in [1.807, 2.05) is 32.0 Å². The molecule has 1 atom stereocenters. The van der Waals surface area contributed by atoms with Crippen molar-refractivity contribution in [1.29, 1.82) is 0 Å². The lowest BCUT2D eigenvalue weighted by molar-refractivity contribution is 0.168. The molecule has 0 aliphatic rings. The minimum Gasteiger partial charge on any atom is -0.388 e. The summed E-state index contributed by atoms with van der Waals surface area (Å²) in [6.45, 7) is 3.96. The summed E-state index contributed by atoms with van der Waals surface area (Å²) >= 11 is 0. The molecule has 2 aromatic carbocycles. The van der Waals surface area contributed by atoms with E-state index in [9.17, 15) is 13.9 Å². The van der Waals surface area contributed by atoms with Crippen LogP contribution < -0.4 is 0 Å². The van der Waals surface area contributed by atoms with Crippen molar-refractivity contribution in [2.75, 3.05) is 0 Å². The van der Waals surface area contributed by atoms with Gasteiger partial charge in [0, 0.05) is 6.42 Å². The molecule has 1 N–H and O–H groups in total. The molecule has 0 radical (unpaired) electrons. The molecule has 0 amide bonds. The van der Waals surface area contributed by atoms with Gasteiger partial charge in [-0.3, -0.25) is 0 Å². The number of benzene rings is 2. The molecule has 0 aromatic heterocycles. The first-order valence-corrected chi connectivity index (χ1v) is 6.17. The molecule has 0 heterocycles. The maximum atomic E-state index is 13.5. The predicted octanol–water partition coefficient (Wildman–Crippen LogP) is 3.86. The van der Waals surface area contributed by atoms with Crippen molar-refractivity contribution < 1.29 is 13.9 Å². The smallest absolute Gasteiger partial charge is 0.131 e. The first kappa shape index (κ1) is 13.7. The van der Waals surface area contributed by atoms with Crippen molar-refractivity contribution in [3.8, 4) is 0 Å². The van der Waals surface area contributed by atoms with E-state index in [4.69, 9.17) is 0 Å². The fourth-order valence-corrected chi connectivity index (χ4v) is 2.08. The van der Waals surface area contributed by atoms with E-state index in [2.05, 4.69) is 0 Å². The van der Waals surface area contributed by atoms with Crippen LogP contribution in [0.3, 0.4) is 0 Å². The standard InChI is InChI=1S/C16H16F2O/c1-10-6-7-12(8-11(10)2)9-15(19)16-13(17)4-3-5-14(16)18/h3-8,15,19H,9H2,1-2H3. The molecular weight excluding hydrogens is 246 g/mol. The van der Waals surface area contributed by atoms with Crippen LogP contribution in [0.15, 0.2) is 36.4 Å². The second-order valence-corrected chi connectivity index (χ2v) is 4.77. The van der Waals surface area contributed by atoms with Crippen LogP contribution in [0.25, 0.3) is 0 Å². The van der Waals surface area contributed by atoms with E-state index in [0.717, 1.165) is 28.8 Å². The summed E-state index contributed by atoms with van der Waals surface area (Å²) in [5.41, 5.74) is 2.84. The quantitative estimate of drug-likeness (QED) is 0.890. The van der Waals surface area contributed by atoms with Crippen LogP contribution in [0.1, 0.15) is 28.4 Å². The highest BCUT2D eigenvalue weighted by atomic mass is 19.1. The Morgan fingerprint density at radius 1 is 1.00 bits per heavy atom. The third-order valence-electron chi connectivity index (χ3n) is 3.33. The highest BCUT2D eigenvalue weighted by molar-refractivity contribution is 5.31. The second kappa shape index (κ2) is 5.49. The van der Waals surface area contributed by atoms with Crippen LogP contribution in [0, 0.1) is 25.5 Å². The number of rotatable bonds is 3. The van der Waals surface area contributed by atoms with E-state index in [1.54, 1.807) is 0 Å². The number of aryl methyl sites for hydroxylation is 2. The molecule has 100 valence electrons. The average Bonchev–Trinajstić information content (AvgIpc) is 2.33. The Kier molecular flexibility index (Phi) is 3.96. The van der Waals surface area contributed by atoms with Gasteiger partial charge < -0.3 is 5.11 Å². The minimum absolute atomic E-state index is 0.193. The van der Waals surface area contributed by atoms with Crippen LogP contribution >= 0.6 is 0 Å². The third-order valence-corrected chi connectivity index (χ3v) is 3.33. The van der Waals surface area contributed by atoms with Gasteiger partial charge in [0.2, 0.25) is 0 Å². The second-order valence-electron chi connectivity index (χ2n) is 4.77. The Labute approximate surface area is 111 Å². The van der Waals surface area contributed by atoms with Crippen LogP contribution in [-0.2, 0) is 6.42 Å². The number of hydrogen-bond acceptors (Lipinski definition) is 1. The van der Waals surface area contributed by atoms with Gasteiger partial charge in [-0.1, -0.05) is 24.3 Å². The monoisotopic (exact) mass is 262 g/mol. The van der Waals surface area contributed by atoms with Gasteiger partial charge in [0.25, 0.3) is 0 Å². The number of aliphatic hydroxyl groups excluding tert-OH is 1. The summed E-state index contributed by atoms with van der Waals surface area (Å²) in [6.07, 6.45) is -0.984. The predicted molar refractivity (Wildman–Crippen MR) is 70.9 cm³/mol. The molecule has 0 fully saturated rings. The first-order chi connectivity index (χ1) is 8.99. The third kappa shape index (κ3) is 2.99. The zero-order valence-electron chi connectivity index (χ0n) is 11.0. The average molecular weight is 262 g/mol. The lowest BCUT2D eigenvalue weighted by Gasteiger charge is -2.14. The van der Waals surface area contributed by atoms with E-state index >= 15 is 0 Å². The van der Waals surface area contributed by atoms with E-state index in [-0.39, 0.29) is 12.0 Å². The van der Waals surface area contributed by atoms with Gasteiger partial charge in [-0.05, 0) is 42.7 Å². The molecule has 0 aliphatic carbocycles. The molecular formula is C16H16F2O. The van der Waals surface area contributed by atoms with Crippen LogP contribution in [0.2, 0.25) is 0 Å². The summed E-state index contributed by atoms with van der Waals surface area (Å²) in [5, 5.41) is 10.0. The van der Waals surface area contributed by atoms with Gasteiger partial charge in [-0.15, -0.1) is 0 Å². The van der Waals surface area contributed by atoms with Gasteiger partial charge in [-0.2, -0.15) is 0 Å². The van der Waals surface area contributed by atoms with Gasteiger partial charge in [0.15, 0.2) is 0 Å². The SMILES string of the molecule is Cc1ccc(CC(O)c2c(F)cccc2F)cc1C. The summed E-state index contributed by atoms with van der Waals surface area (Å²) in [6, 6.07) is 9.33. The van der Waals surface area contributed by atoms with Crippen LogP contribution in [-0.4, -0.2) is 5.11 Å². The molecule has 3 heteroatoms. The van der Waals surface area contributed by atoms with Gasteiger partial charge in [0.05, 0.1) is 11.7 Å². The summed E-state index contributed by atoms with van der Waals surface area (Å²) in [7, 11) is 0. The van der Waals surface area contributed by atoms with Crippen molar-refractivity contribution in [3.05, 3.63) is 70.3 Å². The summed E-state index contributed by atoms with van der Waals surface area (Å²) in [4.78, 5) is 0. The highest BCUT2D eigenvalue weighted by Gasteiger charge is 2.18. The zero-order valence-corrected chi connectivity index (χ0v) is 11.0. The normalized spacial score (nSPS) is 12.5. The largest absolute Gasteiger partial charge is 0.388 e. The van der Waals surface area contributed by atoms with Crippen molar-refractivity contribution >= 4 is 0 Å². The number of halogens is 2. The zero-order chi connectivity index (χ0) is 14.0. The molecule has 1 unspecified atom stereocenters. The molecule has 0 bridgehead atoms. The van der Waals surface area contributed by atoms with E-state index in [1.165, 1.54) is 6.07 Å². The lowest BCUT2D eigenvalue weighted by Crippen LogP contribution is -2.07. The maximum absolute atomic E-state index is 13.5. The van der Waals surface area contributed by atoms with Gasteiger partial charge in [-0.25, -0.2) is 8.78 Å². The molecule has 0 aliphatic heterocycles. The molecule has 19 heavy (non-hydrogen) atoms. The van der Waals surface area contributed by atoms with Crippen molar-refractivity contribution in [2.45, 2.75) is 26.4 Å². The van der Waals surface area contributed by atoms with Crippen molar-refractivity contribution in [1.82, 2.24) is 0 Å². The van der Waals surface area contributed by atoms with E-state index < -0.39 is 17.7 Å².